The molecule has 0 bridgehead atoms. The molecule has 1 N–H and O–H groups in total. The van der Waals surface area contributed by atoms with E-state index in [1.165, 1.54) is 10.4 Å². The van der Waals surface area contributed by atoms with Crippen LogP contribution in [0.1, 0.15) is 21.5 Å². The normalized spacial score (nSPS) is 10.9. The van der Waals surface area contributed by atoms with Gasteiger partial charge in [-0.3, -0.25) is 0 Å². The lowest BCUT2D eigenvalue weighted by Crippen LogP contribution is -1.94. The lowest BCUT2D eigenvalue weighted by atomic mass is 10.0. The molecule has 2 nitrogen and oxygen atoms in total. The molecule has 22 heavy (non-hydrogen) atoms. The highest BCUT2D eigenvalue weighted by atomic mass is 32.1. The first-order chi connectivity index (χ1) is 10.7. The van der Waals surface area contributed by atoms with Gasteiger partial charge in [0.1, 0.15) is 0 Å². The zero-order chi connectivity index (χ0) is 15.4. The van der Waals surface area contributed by atoms with Gasteiger partial charge in [0.25, 0.3) is 0 Å². The number of hydrogen-bond donors (Lipinski definition) is 1. The van der Waals surface area contributed by atoms with Crippen LogP contribution >= 0.6 is 11.3 Å². The van der Waals surface area contributed by atoms with Crippen LogP contribution in [0, 0.1) is 0 Å². The summed E-state index contributed by atoms with van der Waals surface area (Å²) in [6, 6.07) is 19.3. The summed E-state index contributed by atoms with van der Waals surface area (Å²) in [7, 11) is 0. The second-order valence-electron chi connectivity index (χ2n) is 4.83. The monoisotopic (exact) mass is 306 g/mol. The topological polar surface area (TPSA) is 37.3 Å². The molecule has 3 heteroatoms. The lowest BCUT2D eigenvalue weighted by Gasteiger charge is -2.03. The van der Waals surface area contributed by atoms with Crippen LogP contribution in [0.4, 0.5) is 0 Å². The van der Waals surface area contributed by atoms with Crippen molar-refractivity contribution < 1.29 is 9.90 Å². The van der Waals surface area contributed by atoms with Gasteiger partial charge in [-0.05, 0) is 40.3 Å². The van der Waals surface area contributed by atoms with Gasteiger partial charge in [0.05, 0.1) is 5.56 Å². The average Bonchev–Trinajstić information content (AvgIpc) is 3.08. The van der Waals surface area contributed by atoms with E-state index in [0.29, 0.717) is 5.56 Å². The molecule has 0 unspecified atom stereocenters. The highest BCUT2D eigenvalue weighted by Gasteiger charge is 2.03. The van der Waals surface area contributed by atoms with E-state index in [4.69, 9.17) is 5.11 Å². The molecule has 1 heterocycles. The van der Waals surface area contributed by atoms with Gasteiger partial charge in [-0.2, -0.15) is 0 Å². The second-order valence-corrected chi connectivity index (χ2v) is 5.77. The molecule has 2 aromatic carbocycles. The maximum atomic E-state index is 10.9. The molecule has 3 rings (SSSR count). The molecule has 0 atom stereocenters. The number of aromatic carboxylic acids is 1. The molecule has 0 saturated heterocycles. The van der Waals surface area contributed by atoms with Crippen LogP contribution in [0.25, 0.3) is 22.6 Å². The Morgan fingerprint density at radius 1 is 0.909 bits per heavy atom. The first kappa shape index (κ1) is 14.3. The molecule has 0 amide bonds. The maximum absolute atomic E-state index is 10.9. The predicted molar refractivity (Wildman–Crippen MR) is 92.1 cm³/mol. The van der Waals surface area contributed by atoms with E-state index in [-0.39, 0.29) is 0 Å². The molecule has 1 aromatic heterocycles. The molecule has 0 spiro atoms. The SMILES string of the molecule is O=C(O)c1ccc(C=Cc2ccccc2-c2cccs2)cc1. The summed E-state index contributed by atoms with van der Waals surface area (Å²) >= 11 is 1.72. The summed E-state index contributed by atoms with van der Waals surface area (Å²) in [5.41, 5.74) is 3.63. The average molecular weight is 306 g/mol. The van der Waals surface area contributed by atoms with Crippen molar-refractivity contribution in [1.82, 2.24) is 0 Å². The summed E-state index contributed by atoms with van der Waals surface area (Å²) in [6.07, 6.45) is 4.06. The Labute approximate surface area is 133 Å². The van der Waals surface area contributed by atoms with Crippen LogP contribution in [0.15, 0.2) is 66.0 Å². The summed E-state index contributed by atoms with van der Waals surface area (Å²) in [4.78, 5) is 12.1. The van der Waals surface area contributed by atoms with Crippen molar-refractivity contribution in [1.29, 1.82) is 0 Å². The van der Waals surface area contributed by atoms with Gasteiger partial charge in [0.15, 0.2) is 0 Å². The fourth-order valence-electron chi connectivity index (χ4n) is 2.22. The Bertz CT molecular complexity index is 800. The van der Waals surface area contributed by atoms with E-state index >= 15 is 0 Å². The Balaban J connectivity index is 1.88. The molecule has 0 aliphatic rings. The van der Waals surface area contributed by atoms with Crippen LogP contribution in [-0.4, -0.2) is 11.1 Å². The van der Waals surface area contributed by atoms with E-state index in [2.05, 4.69) is 29.7 Å². The standard InChI is InChI=1S/C19H14O2S/c20-19(21)16-11-8-14(9-12-16)7-10-15-4-1-2-5-17(15)18-6-3-13-22-18/h1-13H,(H,20,21). The fraction of sp³-hybridized carbons (Fsp3) is 0. The van der Waals surface area contributed by atoms with Crippen molar-refractivity contribution in [2.45, 2.75) is 0 Å². The van der Waals surface area contributed by atoms with Crippen LogP contribution in [0.5, 0.6) is 0 Å². The second kappa shape index (κ2) is 6.41. The maximum Gasteiger partial charge on any atom is 0.335 e. The van der Waals surface area contributed by atoms with Gasteiger partial charge in [-0.15, -0.1) is 11.3 Å². The summed E-state index contributed by atoms with van der Waals surface area (Å²) in [6.45, 7) is 0. The number of rotatable bonds is 4. The minimum atomic E-state index is -0.904. The molecule has 0 saturated carbocycles. The van der Waals surface area contributed by atoms with Gasteiger partial charge in [0, 0.05) is 4.88 Å². The number of thiophene rings is 1. The van der Waals surface area contributed by atoms with Crippen molar-refractivity contribution in [3.63, 3.8) is 0 Å². The summed E-state index contributed by atoms with van der Waals surface area (Å²) in [5.74, 6) is -0.904. The predicted octanol–water partition coefficient (Wildman–Crippen LogP) is 5.28. The zero-order valence-electron chi connectivity index (χ0n) is 11.8. The molecule has 0 aliphatic heterocycles. The van der Waals surface area contributed by atoms with Gasteiger partial charge in [-0.25, -0.2) is 4.79 Å². The number of hydrogen-bond acceptors (Lipinski definition) is 2. The lowest BCUT2D eigenvalue weighted by molar-refractivity contribution is 0.0697. The molecule has 0 aliphatic carbocycles. The Hall–Kier alpha value is -2.65. The van der Waals surface area contributed by atoms with E-state index < -0.39 is 5.97 Å². The quantitative estimate of drug-likeness (QED) is 0.665. The van der Waals surface area contributed by atoms with Gasteiger partial charge < -0.3 is 5.11 Å². The molecule has 108 valence electrons. The van der Waals surface area contributed by atoms with Gasteiger partial charge in [0.2, 0.25) is 0 Å². The van der Waals surface area contributed by atoms with E-state index in [9.17, 15) is 4.79 Å². The first-order valence-electron chi connectivity index (χ1n) is 6.88. The number of carboxylic acid groups (broad SMARTS) is 1. The van der Waals surface area contributed by atoms with Crippen molar-refractivity contribution in [3.05, 3.63) is 82.7 Å². The third-order valence-electron chi connectivity index (χ3n) is 3.36. The van der Waals surface area contributed by atoms with E-state index in [1.807, 2.05) is 36.4 Å². The van der Waals surface area contributed by atoms with Gasteiger partial charge >= 0.3 is 5.97 Å². The van der Waals surface area contributed by atoms with Crippen LogP contribution in [-0.2, 0) is 0 Å². The smallest absolute Gasteiger partial charge is 0.335 e. The summed E-state index contributed by atoms with van der Waals surface area (Å²) in [5, 5.41) is 11.0. The zero-order valence-corrected chi connectivity index (χ0v) is 12.6. The van der Waals surface area contributed by atoms with Crippen LogP contribution in [0.2, 0.25) is 0 Å². The largest absolute Gasteiger partial charge is 0.478 e. The van der Waals surface area contributed by atoms with E-state index in [1.54, 1.807) is 23.5 Å². The molecular formula is C19H14O2S. The van der Waals surface area contributed by atoms with Crippen LogP contribution < -0.4 is 0 Å². The van der Waals surface area contributed by atoms with Crippen molar-refractivity contribution in [3.8, 4) is 10.4 Å². The van der Waals surface area contributed by atoms with Crippen molar-refractivity contribution >= 4 is 29.5 Å². The van der Waals surface area contributed by atoms with Crippen molar-refractivity contribution in [2.75, 3.05) is 0 Å². The van der Waals surface area contributed by atoms with Crippen LogP contribution in [0.3, 0.4) is 0 Å². The first-order valence-corrected chi connectivity index (χ1v) is 7.76. The molecule has 0 radical (unpaired) electrons. The minimum Gasteiger partial charge on any atom is -0.478 e. The number of carboxylic acids is 1. The number of benzene rings is 2. The molecule has 3 aromatic rings. The number of carbonyl (C=O) groups is 1. The Morgan fingerprint density at radius 2 is 1.68 bits per heavy atom. The summed E-state index contributed by atoms with van der Waals surface area (Å²) < 4.78 is 0. The van der Waals surface area contributed by atoms with E-state index in [0.717, 1.165) is 11.1 Å². The third kappa shape index (κ3) is 3.15. The Kier molecular flexibility index (Phi) is 4.17. The van der Waals surface area contributed by atoms with Crippen molar-refractivity contribution in [2.24, 2.45) is 0 Å². The molecular weight excluding hydrogens is 292 g/mol. The minimum absolute atomic E-state index is 0.302. The Morgan fingerprint density at radius 3 is 2.36 bits per heavy atom. The third-order valence-corrected chi connectivity index (χ3v) is 4.26. The fourth-order valence-corrected chi connectivity index (χ4v) is 3.00. The highest BCUT2D eigenvalue weighted by molar-refractivity contribution is 7.13. The van der Waals surface area contributed by atoms with Gasteiger partial charge in [-0.1, -0.05) is 54.6 Å². The molecule has 0 fully saturated rings. The highest BCUT2D eigenvalue weighted by Crippen LogP contribution is 2.29.